The summed E-state index contributed by atoms with van der Waals surface area (Å²) >= 11 is 3.49. The van der Waals surface area contributed by atoms with Crippen LogP contribution in [0.25, 0.3) is 0 Å². The molecule has 112 valence electrons. The van der Waals surface area contributed by atoms with E-state index in [1.165, 1.54) is 0 Å². The maximum Gasteiger partial charge on any atom is 0.124 e. The van der Waals surface area contributed by atoms with Crippen molar-refractivity contribution in [2.75, 3.05) is 13.2 Å². The highest BCUT2D eigenvalue weighted by molar-refractivity contribution is 9.10. The van der Waals surface area contributed by atoms with Crippen LogP contribution in [0.15, 0.2) is 53.0 Å². The standard InChI is InChI=1S/C17H20BrNO2/c18-16-7-8-17(15(11-16)12-19-9-4-10-20)21-13-14-5-2-1-3-6-14/h1-3,5-8,11,19-20H,4,9-10,12-13H2. The first kappa shape index (κ1) is 16.0. The summed E-state index contributed by atoms with van der Waals surface area (Å²) in [6, 6.07) is 16.2. The molecule has 0 amide bonds. The van der Waals surface area contributed by atoms with E-state index in [0.717, 1.165) is 40.9 Å². The number of nitrogens with one attached hydrogen (secondary N) is 1. The molecular formula is C17H20BrNO2. The zero-order chi connectivity index (χ0) is 14.9. The van der Waals surface area contributed by atoms with Gasteiger partial charge in [-0.05, 0) is 36.7 Å². The van der Waals surface area contributed by atoms with Crippen molar-refractivity contribution in [1.29, 1.82) is 0 Å². The normalized spacial score (nSPS) is 10.6. The minimum absolute atomic E-state index is 0.211. The number of hydrogen-bond acceptors (Lipinski definition) is 3. The summed E-state index contributed by atoms with van der Waals surface area (Å²) in [7, 11) is 0. The van der Waals surface area contributed by atoms with Gasteiger partial charge in [-0.15, -0.1) is 0 Å². The monoisotopic (exact) mass is 349 g/mol. The Morgan fingerprint density at radius 3 is 2.67 bits per heavy atom. The number of halogens is 1. The maximum absolute atomic E-state index is 8.80. The van der Waals surface area contributed by atoms with Crippen molar-refractivity contribution < 1.29 is 9.84 Å². The predicted octanol–water partition coefficient (Wildman–Crippen LogP) is 3.50. The highest BCUT2D eigenvalue weighted by atomic mass is 79.9. The fourth-order valence-electron chi connectivity index (χ4n) is 1.99. The molecule has 0 atom stereocenters. The van der Waals surface area contributed by atoms with Gasteiger partial charge in [0.05, 0.1) is 0 Å². The van der Waals surface area contributed by atoms with Crippen LogP contribution < -0.4 is 10.1 Å². The number of rotatable bonds is 8. The van der Waals surface area contributed by atoms with Crippen LogP contribution in [0.2, 0.25) is 0 Å². The summed E-state index contributed by atoms with van der Waals surface area (Å²) in [6.45, 7) is 2.29. The largest absolute Gasteiger partial charge is 0.489 e. The van der Waals surface area contributed by atoms with E-state index in [1.54, 1.807) is 0 Å². The molecule has 0 saturated carbocycles. The fraction of sp³-hybridized carbons (Fsp3) is 0.294. The Balaban J connectivity index is 1.97. The highest BCUT2D eigenvalue weighted by Gasteiger charge is 2.05. The third-order valence-corrected chi connectivity index (χ3v) is 3.58. The van der Waals surface area contributed by atoms with Crippen LogP contribution in [0, 0.1) is 0 Å². The van der Waals surface area contributed by atoms with E-state index in [2.05, 4.69) is 39.4 Å². The topological polar surface area (TPSA) is 41.5 Å². The first-order valence-electron chi connectivity index (χ1n) is 7.06. The summed E-state index contributed by atoms with van der Waals surface area (Å²) in [5.41, 5.74) is 2.26. The Bertz CT molecular complexity index is 546. The first-order chi connectivity index (χ1) is 10.3. The van der Waals surface area contributed by atoms with E-state index >= 15 is 0 Å². The maximum atomic E-state index is 8.80. The van der Waals surface area contributed by atoms with Gasteiger partial charge < -0.3 is 15.2 Å². The second kappa shape index (κ2) is 8.82. The van der Waals surface area contributed by atoms with Crippen molar-refractivity contribution in [2.45, 2.75) is 19.6 Å². The quantitative estimate of drug-likeness (QED) is 0.716. The van der Waals surface area contributed by atoms with Crippen LogP contribution in [0.4, 0.5) is 0 Å². The van der Waals surface area contributed by atoms with Gasteiger partial charge in [0.2, 0.25) is 0 Å². The molecule has 21 heavy (non-hydrogen) atoms. The molecule has 2 aromatic rings. The SMILES string of the molecule is OCCCNCc1cc(Br)ccc1OCc1ccccc1. The average molecular weight is 350 g/mol. The lowest BCUT2D eigenvalue weighted by Crippen LogP contribution is -2.16. The molecule has 2 N–H and O–H groups in total. The van der Waals surface area contributed by atoms with E-state index in [1.807, 2.05) is 30.3 Å². The second-order valence-corrected chi connectivity index (χ2v) is 5.70. The lowest BCUT2D eigenvalue weighted by Gasteiger charge is -2.13. The molecule has 4 heteroatoms. The first-order valence-corrected chi connectivity index (χ1v) is 7.85. The Hall–Kier alpha value is -1.36. The molecule has 0 aliphatic carbocycles. The van der Waals surface area contributed by atoms with Gasteiger partial charge in [0.25, 0.3) is 0 Å². The van der Waals surface area contributed by atoms with Gasteiger partial charge >= 0.3 is 0 Å². The van der Waals surface area contributed by atoms with Crippen LogP contribution in [0.3, 0.4) is 0 Å². The van der Waals surface area contributed by atoms with Crippen LogP contribution in [-0.4, -0.2) is 18.3 Å². The van der Waals surface area contributed by atoms with Gasteiger partial charge in [-0.1, -0.05) is 46.3 Å². The lowest BCUT2D eigenvalue weighted by atomic mass is 10.2. The smallest absolute Gasteiger partial charge is 0.124 e. The minimum atomic E-state index is 0.211. The Labute approximate surface area is 134 Å². The van der Waals surface area contributed by atoms with Gasteiger partial charge in [0.1, 0.15) is 12.4 Å². The van der Waals surface area contributed by atoms with Gasteiger partial charge in [0, 0.05) is 23.2 Å². The molecular weight excluding hydrogens is 330 g/mol. The van der Waals surface area contributed by atoms with E-state index in [9.17, 15) is 0 Å². The second-order valence-electron chi connectivity index (χ2n) is 4.78. The lowest BCUT2D eigenvalue weighted by molar-refractivity contribution is 0.285. The van der Waals surface area contributed by atoms with Crippen LogP contribution >= 0.6 is 15.9 Å². The van der Waals surface area contributed by atoms with Crippen molar-refractivity contribution in [3.05, 3.63) is 64.1 Å². The number of ether oxygens (including phenoxy) is 1. The van der Waals surface area contributed by atoms with Gasteiger partial charge in [0.15, 0.2) is 0 Å². The molecule has 0 saturated heterocycles. The van der Waals surface area contributed by atoms with Crippen molar-refractivity contribution in [1.82, 2.24) is 5.32 Å². The molecule has 0 fully saturated rings. The Morgan fingerprint density at radius 2 is 1.90 bits per heavy atom. The van der Waals surface area contributed by atoms with E-state index in [0.29, 0.717) is 6.61 Å². The van der Waals surface area contributed by atoms with Crippen molar-refractivity contribution in [2.24, 2.45) is 0 Å². The molecule has 0 aromatic heterocycles. The number of aliphatic hydroxyl groups excluding tert-OH is 1. The Morgan fingerprint density at radius 1 is 1.10 bits per heavy atom. The van der Waals surface area contributed by atoms with Crippen molar-refractivity contribution >= 4 is 15.9 Å². The molecule has 2 aromatic carbocycles. The minimum Gasteiger partial charge on any atom is -0.489 e. The van der Waals surface area contributed by atoms with Crippen LogP contribution in [0.5, 0.6) is 5.75 Å². The molecule has 0 unspecified atom stereocenters. The van der Waals surface area contributed by atoms with Crippen molar-refractivity contribution in [3.63, 3.8) is 0 Å². The fourth-order valence-corrected chi connectivity index (χ4v) is 2.40. The molecule has 3 nitrogen and oxygen atoms in total. The third kappa shape index (κ3) is 5.50. The zero-order valence-electron chi connectivity index (χ0n) is 11.9. The predicted molar refractivity (Wildman–Crippen MR) is 88.3 cm³/mol. The summed E-state index contributed by atoms with van der Waals surface area (Å²) in [6.07, 6.45) is 0.758. The molecule has 0 heterocycles. The van der Waals surface area contributed by atoms with Crippen molar-refractivity contribution in [3.8, 4) is 5.75 Å². The number of hydrogen-bond donors (Lipinski definition) is 2. The summed E-state index contributed by atoms with van der Waals surface area (Å²) in [5.74, 6) is 0.888. The molecule has 2 rings (SSSR count). The molecule has 0 aliphatic heterocycles. The molecule has 0 bridgehead atoms. The summed E-state index contributed by atoms with van der Waals surface area (Å²) in [4.78, 5) is 0. The summed E-state index contributed by atoms with van der Waals surface area (Å²) < 4.78 is 6.96. The van der Waals surface area contributed by atoms with Crippen LogP contribution in [-0.2, 0) is 13.2 Å². The average Bonchev–Trinajstić information content (AvgIpc) is 2.52. The highest BCUT2D eigenvalue weighted by Crippen LogP contribution is 2.24. The molecule has 0 aliphatic rings. The van der Waals surface area contributed by atoms with Gasteiger partial charge in [-0.3, -0.25) is 0 Å². The van der Waals surface area contributed by atoms with Crippen LogP contribution in [0.1, 0.15) is 17.5 Å². The van der Waals surface area contributed by atoms with E-state index < -0.39 is 0 Å². The summed E-state index contributed by atoms with van der Waals surface area (Å²) in [5, 5.41) is 12.1. The molecule has 0 radical (unpaired) electrons. The third-order valence-electron chi connectivity index (χ3n) is 3.09. The van der Waals surface area contributed by atoms with E-state index in [4.69, 9.17) is 9.84 Å². The van der Waals surface area contributed by atoms with Gasteiger partial charge in [-0.25, -0.2) is 0 Å². The van der Waals surface area contributed by atoms with Gasteiger partial charge in [-0.2, -0.15) is 0 Å². The Kier molecular flexibility index (Phi) is 6.73. The number of aliphatic hydroxyl groups is 1. The zero-order valence-corrected chi connectivity index (χ0v) is 13.5. The molecule has 0 spiro atoms. The number of benzene rings is 2. The van der Waals surface area contributed by atoms with E-state index in [-0.39, 0.29) is 6.61 Å².